The molecule has 0 radical (unpaired) electrons. The first kappa shape index (κ1) is 11.7. The van der Waals surface area contributed by atoms with Crippen LogP contribution in [0.15, 0.2) is 57.6 Å². The third-order valence-corrected chi connectivity index (χ3v) is 3.62. The highest BCUT2D eigenvalue weighted by Gasteiger charge is 2.07. The normalized spacial score (nSPS) is 10.7. The molecule has 0 fully saturated rings. The van der Waals surface area contributed by atoms with Gasteiger partial charge in [-0.1, -0.05) is 0 Å². The molecule has 1 aromatic carbocycles. The fraction of sp³-hybridized carbons (Fsp3) is 0. The van der Waals surface area contributed by atoms with E-state index in [1.54, 1.807) is 6.20 Å². The zero-order chi connectivity index (χ0) is 13.2. The van der Waals surface area contributed by atoms with Gasteiger partial charge in [0.05, 0.1) is 11.2 Å². The molecule has 3 rings (SSSR count). The lowest BCUT2D eigenvalue weighted by molar-refractivity contribution is 0.937. The van der Waals surface area contributed by atoms with Gasteiger partial charge in [0, 0.05) is 28.7 Å². The summed E-state index contributed by atoms with van der Waals surface area (Å²) in [4.78, 5) is 23.1. The van der Waals surface area contributed by atoms with Crippen molar-refractivity contribution in [3.63, 3.8) is 0 Å². The summed E-state index contributed by atoms with van der Waals surface area (Å²) in [5.74, 6) is 0. The Kier molecular flexibility index (Phi) is 2.92. The Bertz CT molecular complexity index is 800. The number of anilines is 1. The second-order valence-corrected chi connectivity index (χ2v) is 4.92. The summed E-state index contributed by atoms with van der Waals surface area (Å²) in [5.41, 5.74) is 7.43. The van der Waals surface area contributed by atoms with E-state index in [-0.39, 0.29) is 5.56 Å². The van der Waals surface area contributed by atoms with Crippen molar-refractivity contribution in [2.75, 3.05) is 5.73 Å². The summed E-state index contributed by atoms with van der Waals surface area (Å²) in [6, 6.07) is 8.91. The number of aromatic amines is 1. The predicted molar refractivity (Wildman–Crippen MR) is 75.1 cm³/mol. The van der Waals surface area contributed by atoms with Gasteiger partial charge >= 0.3 is 0 Å². The molecule has 0 spiro atoms. The van der Waals surface area contributed by atoms with Gasteiger partial charge in [-0.25, -0.2) is 4.98 Å². The zero-order valence-corrected chi connectivity index (χ0v) is 10.6. The van der Waals surface area contributed by atoms with E-state index in [0.29, 0.717) is 10.8 Å². The molecule has 5 nitrogen and oxygen atoms in total. The lowest BCUT2D eigenvalue weighted by atomic mass is 10.2. The Balaban J connectivity index is 2.06. The van der Waals surface area contributed by atoms with Gasteiger partial charge in [-0.3, -0.25) is 9.78 Å². The molecular formula is C13H10N4OS. The molecule has 0 saturated heterocycles. The fourth-order valence-corrected chi connectivity index (χ4v) is 2.58. The van der Waals surface area contributed by atoms with Gasteiger partial charge in [-0.15, -0.1) is 0 Å². The number of benzene rings is 1. The van der Waals surface area contributed by atoms with Crippen LogP contribution >= 0.6 is 11.8 Å². The number of hydrogen-bond donors (Lipinski definition) is 2. The van der Waals surface area contributed by atoms with Crippen molar-refractivity contribution in [3.8, 4) is 0 Å². The number of H-pyrrole nitrogens is 1. The van der Waals surface area contributed by atoms with E-state index in [0.717, 1.165) is 15.8 Å². The number of pyridine rings is 1. The Morgan fingerprint density at radius 2 is 2.00 bits per heavy atom. The maximum Gasteiger partial charge on any atom is 0.251 e. The number of hydrogen-bond acceptors (Lipinski definition) is 5. The van der Waals surface area contributed by atoms with Crippen LogP contribution in [0.4, 0.5) is 5.69 Å². The van der Waals surface area contributed by atoms with Crippen LogP contribution in [0, 0.1) is 0 Å². The summed E-state index contributed by atoms with van der Waals surface area (Å²) in [6.45, 7) is 0. The fourth-order valence-electron chi connectivity index (χ4n) is 1.75. The Morgan fingerprint density at radius 1 is 1.11 bits per heavy atom. The number of nitrogens with zero attached hydrogens (tertiary/aromatic N) is 2. The first-order valence-electron chi connectivity index (χ1n) is 5.60. The minimum absolute atomic E-state index is 0.182. The first-order chi connectivity index (χ1) is 9.24. The molecule has 0 bridgehead atoms. The van der Waals surface area contributed by atoms with Crippen LogP contribution in [0.1, 0.15) is 0 Å². The Morgan fingerprint density at radius 3 is 2.84 bits per heavy atom. The number of fused-ring (bicyclic) bond motifs is 1. The van der Waals surface area contributed by atoms with Crippen LogP contribution < -0.4 is 11.3 Å². The average molecular weight is 270 g/mol. The van der Waals surface area contributed by atoms with Crippen molar-refractivity contribution in [1.82, 2.24) is 15.0 Å². The third kappa shape index (κ3) is 2.30. The molecule has 0 aliphatic carbocycles. The van der Waals surface area contributed by atoms with E-state index in [2.05, 4.69) is 15.0 Å². The highest BCUT2D eigenvalue weighted by Crippen LogP contribution is 2.33. The van der Waals surface area contributed by atoms with Crippen LogP contribution in [-0.2, 0) is 0 Å². The standard InChI is InChI=1S/C13H10N4OS/c14-12-8-2-1-6-15-9(8)3-4-10(12)19-13-16-7-5-11(18)17-13/h1-7H,14H2,(H,16,17,18). The van der Waals surface area contributed by atoms with Crippen LogP contribution in [0.2, 0.25) is 0 Å². The Labute approximate surface area is 112 Å². The maximum atomic E-state index is 11.2. The minimum atomic E-state index is -0.182. The van der Waals surface area contributed by atoms with Crippen LogP contribution in [0.5, 0.6) is 0 Å². The van der Waals surface area contributed by atoms with Gasteiger partial charge in [0.1, 0.15) is 0 Å². The molecule has 2 aromatic heterocycles. The molecule has 0 aliphatic rings. The molecule has 19 heavy (non-hydrogen) atoms. The topological polar surface area (TPSA) is 84.7 Å². The maximum absolute atomic E-state index is 11.2. The number of rotatable bonds is 2. The number of nitrogen functional groups attached to an aromatic ring is 1. The quantitative estimate of drug-likeness (QED) is 0.550. The van der Waals surface area contributed by atoms with E-state index >= 15 is 0 Å². The van der Waals surface area contributed by atoms with Crippen molar-refractivity contribution in [2.24, 2.45) is 0 Å². The van der Waals surface area contributed by atoms with Crippen molar-refractivity contribution < 1.29 is 0 Å². The molecule has 3 aromatic rings. The summed E-state index contributed by atoms with van der Waals surface area (Å²) in [5, 5.41) is 1.41. The third-order valence-electron chi connectivity index (χ3n) is 2.64. The lowest BCUT2D eigenvalue weighted by Gasteiger charge is -2.07. The molecule has 0 atom stereocenters. The van der Waals surface area contributed by atoms with Gasteiger partial charge in [0.15, 0.2) is 5.16 Å². The van der Waals surface area contributed by atoms with Crippen molar-refractivity contribution in [2.45, 2.75) is 10.1 Å². The predicted octanol–water partition coefficient (Wildman–Crippen LogP) is 2.05. The largest absolute Gasteiger partial charge is 0.397 e. The van der Waals surface area contributed by atoms with Crippen molar-refractivity contribution in [3.05, 3.63) is 53.1 Å². The SMILES string of the molecule is Nc1c(Sc2nccc(=O)[nH]2)ccc2ncccc12. The van der Waals surface area contributed by atoms with Crippen molar-refractivity contribution in [1.29, 1.82) is 0 Å². The van der Waals surface area contributed by atoms with Gasteiger partial charge in [0.25, 0.3) is 5.56 Å². The average Bonchev–Trinajstić information content (AvgIpc) is 2.42. The Hall–Kier alpha value is -2.34. The van der Waals surface area contributed by atoms with E-state index in [1.807, 2.05) is 24.3 Å². The van der Waals surface area contributed by atoms with E-state index in [4.69, 9.17) is 5.73 Å². The van der Waals surface area contributed by atoms with Crippen LogP contribution in [0.25, 0.3) is 10.9 Å². The highest BCUT2D eigenvalue weighted by atomic mass is 32.2. The molecular weight excluding hydrogens is 260 g/mol. The second-order valence-electron chi connectivity index (χ2n) is 3.89. The molecule has 2 heterocycles. The van der Waals surface area contributed by atoms with Gasteiger partial charge < -0.3 is 10.7 Å². The smallest absolute Gasteiger partial charge is 0.251 e. The summed E-state index contributed by atoms with van der Waals surface area (Å²) in [6.07, 6.45) is 3.20. The molecule has 0 unspecified atom stereocenters. The van der Waals surface area contributed by atoms with Gasteiger partial charge in [-0.05, 0) is 36.0 Å². The molecule has 0 saturated carbocycles. The highest BCUT2D eigenvalue weighted by molar-refractivity contribution is 7.99. The van der Waals surface area contributed by atoms with Gasteiger partial charge in [-0.2, -0.15) is 0 Å². The summed E-state index contributed by atoms with van der Waals surface area (Å²) >= 11 is 1.32. The number of nitrogens with two attached hydrogens (primary N) is 1. The monoisotopic (exact) mass is 270 g/mol. The zero-order valence-electron chi connectivity index (χ0n) is 9.83. The van der Waals surface area contributed by atoms with E-state index in [9.17, 15) is 4.79 Å². The summed E-state index contributed by atoms with van der Waals surface area (Å²) < 4.78 is 0. The molecule has 0 amide bonds. The molecule has 6 heteroatoms. The molecule has 94 valence electrons. The van der Waals surface area contributed by atoms with Crippen molar-refractivity contribution >= 4 is 28.4 Å². The van der Waals surface area contributed by atoms with Gasteiger partial charge in [0.2, 0.25) is 0 Å². The first-order valence-corrected chi connectivity index (χ1v) is 6.42. The molecule has 3 N–H and O–H groups in total. The van der Waals surface area contributed by atoms with Crippen LogP contribution in [0.3, 0.4) is 0 Å². The summed E-state index contributed by atoms with van der Waals surface area (Å²) in [7, 11) is 0. The molecule has 0 aliphatic heterocycles. The van der Waals surface area contributed by atoms with E-state index < -0.39 is 0 Å². The number of nitrogens with one attached hydrogen (secondary N) is 1. The van der Waals surface area contributed by atoms with E-state index in [1.165, 1.54) is 24.0 Å². The van der Waals surface area contributed by atoms with Crippen LogP contribution in [-0.4, -0.2) is 15.0 Å². The second kappa shape index (κ2) is 4.74. The minimum Gasteiger partial charge on any atom is -0.397 e. The number of aromatic nitrogens is 3. The lowest BCUT2D eigenvalue weighted by Crippen LogP contribution is -2.05.